The predicted molar refractivity (Wildman–Crippen MR) is 164 cm³/mol. The molecule has 0 saturated carbocycles. The van der Waals surface area contributed by atoms with Crippen LogP contribution in [0, 0.1) is 0 Å². The molecule has 0 aromatic heterocycles. The quantitative estimate of drug-likeness (QED) is 0.376. The van der Waals surface area contributed by atoms with Crippen molar-refractivity contribution in [1.29, 1.82) is 0 Å². The maximum atomic E-state index is 13.8. The minimum atomic E-state index is -0.364. The van der Waals surface area contributed by atoms with Crippen molar-refractivity contribution in [1.82, 2.24) is 15.1 Å². The number of likely N-dealkylation sites (tertiary alicyclic amines) is 2. The molecular formula is C30H41Cl4N3O. The van der Waals surface area contributed by atoms with Crippen molar-refractivity contribution in [2.24, 2.45) is 0 Å². The first kappa shape index (κ1) is 31.5. The number of halogens is 4. The lowest BCUT2D eigenvalue weighted by Gasteiger charge is -2.43. The van der Waals surface area contributed by atoms with Gasteiger partial charge in [0, 0.05) is 25.0 Å². The highest BCUT2D eigenvalue weighted by molar-refractivity contribution is 6.42. The largest absolute Gasteiger partial charge is 0.342 e. The molecule has 38 heavy (non-hydrogen) atoms. The minimum Gasteiger partial charge on any atom is -0.342 e. The molecule has 8 heteroatoms. The summed E-state index contributed by atoms with van der Waals surface area (Å²) in [5, 5.41) is 4.90. The smallest absolute Gasteiger partial charge is 0.233 e. The van der Waals surface area contributed by atoms with Crippen molar-refractivity contribution in [3.05, 3.63) is 69.7 Å². The molecule has 0 aliphatic carbocycles. The fourth-order valence-corrected chi connectivity index (χ4v) is 7.10. The number of hydrogen-bond donors (Lipinski definition) is 1. The SMILES string of the molecule is Cl.Cl.O=C(N1CCCC1)C1(c2ccccc2)CCN(CCCC2(c3ccc(Cl)c(Cl)c3)CCCNC2)CC1. The number of piperidine rings is 2. The summed E-state index contributed by atoms with van der Waals surface area (Å²) in [6.45, 7) is 6.95. The van der Waals surface area contributed by atoms with Crippen molar-refractivity contribution in [3.63, 3.8) is 0 Å². The summed E-state index contributed by atoms with van der Waals surface area (Å²) >= 11 is 12.6. The van der Waals surface area contributed by atoms with Gasteiger partial charge in [-0.05, 0) is 101 Å². The Kier molecular flexibility index (Phi) is 11.7. The third kappa shape index (κ3) is 6.65. The number of carbonyl (C=O) groups excluding carboxylic acids is 1. The molecule has 1 unspecified atom stereocenters. The minimum absolute atomic E-state index is 0. The average Bonchev–Trinajstić information content (AvgIpc) is 3.46. The summed E-state index contributed by atoms with van der Waals surface area (Å²) in [7, 11) is 0. The van der Waals surface area contributed by atoms with E-state index < -0.39 is 0 Å². The van der Waals surface area contributed by atoms with Crippen LogP contribution in [-0.2, 0) is 15.6 Å². The lowest BCUT2D eigenvalue weighted by atomic mass is 9.70. The lowest BCUT2D eigenvalue weighted by molar-refractivity contribution is -0.138. The number of amides is 1. The zero-order valence-electron chi connectivity index (χ0n) is 22.1. The van der Waals surface area contributed by atoms with Crippen LogP contribution in [0.3, 0.4) is 0 Å². The highest BCUT2D eigenvalue weighted by Gasteiger charge is 2.45. The van der Waals surface area contributed by atoms with E-state index in [-0.39, 0.29) is 35.6 Å². The van der Waals surface area contributed by atoms with Crippen LogP contribution in [0.15, 0.2) is 48.5 Å². The zero-order chi connectivity index (χ0) is 25.0. The molecule has 1 atom stereocenters. The van der Waals surface area contributed by atoms with E-state index in [2.05, 4.69) is 57.6 Å². The number of nitrogens with zero attached hydrogens (tertiary/aromatic N) is 2. The fourth-order valence-electron chi connectivity index (χ4n) is 6.80. The van der Waals surface area contributed by atoms with E-state index in [1.165, 1.54) is 24.0 Å². The molecule has 3 fully saturated rings. The molecule has 4 nitrogen and oxygen atoms in total. The number of rotatable bonds is 7. The molecule has 1 N–H and O–H groups in total. The molecule has 0 radical (unpaired) electrons. The first-order valence-electron chi connectivity index (χ1n) is 13.8. The molecular weight excluding hydrogens is 560 g/mol. The van der Waals surface area contributed by atoms with E-state index in [1.807, 2.05) is 6.07 Å². The van der Waals surface area contributed by atoms with Crippen molar-refractivity contribution >= 4 is 53.9 Å². The van der Waals surface area contributed by atoms with E-state index in [0.29, 0.717) is 16.0 Å². The van der Waals surface area contributed by atoms with Gasteiger partial charge in [-0.3, -0.25) is 4.79 Å². The number of nitrogens with one attached hydrogen (secondary N) is 1. The molecule has 2 aromatic rings. The highest BCUT2D eigenvalue weighted by Crippen LogP contribution is 2.40. The van der Waals surface area contributed by atoms with Gasteiger partial charge in [-0.15, -0.1) is 24.8 Å². The summed E-state index contributed by atoms with van der Waals surface area (Å²) in [6.07, 6.45) is 8.72. The third-order valence-corrected chi connectivity index (χ3v) is 9.71. The molecule has 210 valence electrons. The topological polar surface area (TPSA) is 35.6 Å². The van der Waals surface area contributed by atoms with Gasteiger partial charge in [-0.1, -0.05) is 59.6 Å². The summed E-state index contributed by atoms with van der Waals surface area (Å²) in [5.74, 6) is 0.359. The Morgan fingerprint density at radius 2 is 1.55 bits per heavy atom. The first-order chi connectivity index (χ1) is 17.5. The molecule has 3 aliphatic heterocycles. The Labute approximate surface area is 250 Å². The standard InChI is InChI=1S/C30H39Cl2N3O.2ClH/c31-26-11-10-25(22-27(26)32)29(12-6-16-33-23-29)13-7-17-34-20-14-30(15-21-34,24-8-2-1-3-9-24)28(36)35-18-4-5-19-35;;/h1-3,8-11,22,33H,4-7,12-21,23H2;2*1H. The predicted octanol–water partition coefficient (Wildman–Crippen LogP) is 6.89. The molecule has 3 heterocycles. The van der Waals surface area contributed by atoms with Crippen LogP contribution in [-0.4, -0.2) is 61.5 Å². The summed E-state index contributed by atoms with van der Waals surface area (Å²) < 4.78 is 0. The van der Waals surface area contributed by atoms with Gasteiger partial charge in [0.25, 0.3) is 0 Å². The highest BCUT2D eigenvalue weighted by atomic mass is 35.5. The monoisotopic (exact) mass is 599 g/mol. The second kappa shape index (κ2) is 14.1. The van der Waals surface area contributed by atoms with Gasteiger partial charge in [0.1, 0.15) is 0 Å². The van der Waals surface area contributed by atoms with Crippen molar-refractivity contribution in [3.8, 4) is 0 Å². The van der Waals surface area contributed by atoms with Gasteiger partial charge in [0.15, 0.2) is 0 Å². The summed E-state index contributed by atoms with van der Waals surface area (Å²) in [6, 6.07) is 16.7. The molecule has 0 bridgehead atoms. The first-order valence-corrected chi connectivity index (χ1v) is 14.5. The molecule has 1 amide bonds. The second-order valence-electron chi connectivity index (χ2n) is 11.1. The zero-order valence-corrected chi connectivity index (χ0v) is 25.2. The van der Waals surface area contributed by atoms with E-state index in [9.17, 15) is 4.79 Å². The second-order valence-corrected chi connectivity index (χ2v) is 11.9. The average molecular weight is 601 g/mol. The Balaban J connectivity index is 0.00000200. The van der Waals surface area contributed by atoms with Gasteiger partial charge < -0.3 is 15.1 Å². The molecule has 3 saturated heterocycles. The fraction of sp³-hybridized carbons (Fsp3) is 0.567. The van der Waals surface area contributed by atoms with Crippen LogP contribution < -0.4 is 5.32 Å². The number of hydrogen-bond acceptors (Lipinski definition) is 3. The maximum Gasteiger partial charge on any atom is 0.233 e. The van der Waals surface area contributed by atoms with Crippen LogP contribution in [0.1, 0.15) is 62.5 Å². The molecule has 0 spiro atoms. The lowest BCUT2D eigenvalue weighted by Crippen LogP contribution is -2.52. The number of benzene rings is 2. The Bertz CT molecular complexity index is 1030. The van der Waals surface area contributed by atoms with Gasteiger partial charge in [-0.2, -0.15) is 0 Å². The summed E-state index contributed by atoms with van der Waals surface area (Å²) in [4.78, 5) is 18.5. The Morgan fingerprint density at radius 3 is 2.18 bits per heavy atom. The third-order valence-electron chi connectivity index (χ3n) is 8.97. The Hall–Kier alpha value is -1.01. The van der Waals surface area contributed by atoms with Crippen LogP contribution in [0.25, 0.3) is 0 Å². The van der Waals surface area contributed by atoms with Gasteiger partial charge in [-0.25, -0.2) is 0 Å². The van der Waals surface area contributed by atoms with E-state index in [1.54, 1.807) is 0 Å². The Morgan fingerprint density at radius 1 is 0.842 bits per heavy atom. The van der Waals surface area contributed by atoms with E-state index in [4.69, 9.17) is 23.2 Å². The van der Waals surface area contributed by atoms with Gasteiger partial charge >= 0.3 is 0 Å². The number of carbonyl (C=O) groups is 1. The maximum absolute atomic E-state index is 13.8. The van der Waals surface area contributed by atoms with Crippen molar-refractivity contribution < 1.29 is 4.79 Å². The van der Waals surface area contributed by atoms with Crippen LogP contribution in [0.5, 0.6) is 0 Å². The normalized spacial score (nSPS) is 23.4. The van der Waals surface area contributed by atoms with E-state index in [0.717, 1.165) is 84.3 Å². The molecule has 5 rings (SSSR count). The van der Waals surface area contributed by atoms with Gasteiger partial charge in [0.05, 0.1) is 15.5 Å². The molecule has 3 aliphatic rings. The van der Waals surface area contributed by atoms with Crippen LogP contribution in [0.2, 0.25) is 10.0 Å². The van der Waals surface area contributed by atoms with Crippen molar-refractivity contribution in [2.75, 3.05) is 45.8 Å². The van der Waals surface area contributed by atoms with Crippen LogP contribution in [0.4, 0.5) is 0 Å². The summed E-state index contributed by atoms with van der Waals surface area (Å²) in [5.41, 5.74) is 2.26. The van der Waals surface area contributed by atoms with Crippen molar-refractivity contribution in [2.45, 2.75) is 62.2 Å². The molecule has 2 aromatic carbocycles. The van der Waals surface area contributed by atoms with Crippen LogP contribution >= 0.6 is 48.0 Å². The van der Waals surface area contributed by atoms with E-state index >= 15 is 0 Å². The van der Waals surface area contributed by atoms with Gasteiger partial charge in [0.2, 0.25) is 5.91 Å².